The second-order valence-corrected chi connectivity index (χ2v) is 1.62. The third-order valence-electron chi connectivity index (χ3n) is 0.929. The Morgan fingerprint density at radius 1 is 1.60 bits per heavy atom. The van der Waals surface area contributed by atoms with Crippen molar-refractivity contribution in [2.75, 3.05) is 14.2 Å². The zero-order valence-electron chi connectivity index (χ0n) is 6.18. The lowest BCUT2D eigenvalue weighted by Crippen LogP contribution is -2.14. The summed E-state index contributed by atoms with van der Waals surface area (Å²) in [6, 6.07) is 0. The van der Waals surface area contributed by atoms with Crippen LogP contribution in [0.1, 0.15) is 0 Å². The molecule has 0 saturated carbocycles. The molecule has 0 aliphatic rings. The van der Waals surface area contributed by atoms with Crippen molar-refractivity contribution in [3.63, 3.8) is 0 Å². The Balaban J connectivity index is 3.75. The molecule has 10 heavy (non-hydrogen) atoms. The van der Waals surface area contributed by atoms with Crippen molar-refractivity contribution in [2.45, 2.75) is 0 Å². The topological polar surface area (TPSA) is 38.3 Å². The highest BCUT2D eigenvalue weighted by molar-refractivity contribution is 5.87. The second kappa shape index (κ2) is 4.61. The van der Waals surface area contributed by atoms with Crippen LogP contribution in [-0.2, 0) is 9.53 Å². The maximum atomic E-state index is 10.5. The molecule has 0 bridgehead atoms. The van der Waals surface area contributed by atoms with Crippen LogP contribution in [0.3, 0.4) is 0 Å². The van der Waals surface area contributed by atoms with E-state index >= 15 is 0 Å². The number of methoxy groups -OCH3 is 1. The van der Waals surface area contributed by atoms with Gasteiger partial charge in [-0.3, -0.25) is 4.79 Å². The summed E-state index contributed by atoms with van der Waals surface area (Å²) >= 11 is 0. The molecular weight excluding hydrogens is 130 g/mol. The first-order chi connectivity index (χ1) is 4.70. The van der Waals surface area contributed by atoms with Crippen LogP contribution in [0.2, 0.25) is 0 Å². The summed E-state index contributed by atoms with van der Waals surface area (Å²) in [5.41, 5.74) is 0. The van der Waals surface area contributed by atoms with Gasteiger partial charge >= 0.3 is 0 Å². The number of carbonyl (C=O) groups is 1. The van der Waals surface area contributed by atoms with Crippen molar-refractivity contribution >= 4 is 5.91 Å². The Kier molecular flexibility index (Phi) is 4.04. The molecule has 0 rings (SSSR count). The highest BCUT2D eigenvalue weighted by atomic mass is 16.5. The van der Waals surface area contributed by atoms with E-state index in [9.17, 15) is 4.79 Å². The van der Waals surface area contributed by atoms with Gasteiger partial charge in [0, 0.05) is 13.1 Å². The minimum atomic E-state index is -0.168. The number of amides is 1. The van der Waals surface area contributed by atoms with Gasteiger partial charge in [-0.2, -0.15) is 0 Å². The van der Waals surface area contributed by atoms with Crippen molar-refractivity contribution in [1.29, 1.82) is 0 Å². The standard InChI is InChI=1S/C7H11NO2/c1-6(10-3)4-5-7(9)8-2/h4-5H,1H2,2-3H3,(H,8,9)/b5-4+. The first-order valence-electron chi connectivity index (χ1n) is 2.83. The zero-order valence-corrected chi connectivity index (χ0v) is 6.18. The minimum Gasteiger partial charge on any atom is -0.497 e. The molecule has 0 aliphatic carbocycles. The molecule has 0 aromatic rings. The maximum absolute atomic E-state index is 10.5. The molecule has 0 aliphatic heterocycles. The summed E-state index contributed by atoms with van der Waals surface area (Å²) in [4.78, 5) is 10.5. The predicted molar refractivity (Wildman–Crippen MR) is 39.4 cm³/mol. The summed E-state index contributed by atoms with van der Waals surface area (Å²) in [6.45, 7) is 3.49. The Bertz CT molecular complexity index is 143. The van der Waals surface area contributed by atoms with Gasteiger partial charge in [-0.15, -0.1) is 0 Å². The zero-order chi connectivity index (χ0) is 7.98. The van der Waals surface area contributed by atoms with Gasteiger partial charge in [0.05, 0.1) is 7.11 Å². The van der Waals surface area contributed by atoms with Gasteiger partial charge in [0.25, 0.3) is 0 Å². The lowest BCUT2D eigenvalue weighted by Gasteiger charge is -1.94. The van der Waals surface area contributed by atoms with E-state index in [-0.39, 0.29) is 5.91 Å². The molecule has 0 heterocycles. The molecule has 3 heteroatoms. The number of likely N-dealkylation sites (N-methyl/N-ethyl adjacent to an activating group) is 1. The van der Waals surface area contributed by atoms with E-state index in [0.29, 0.717) is 5.76 Å². The Morgan fingerprint density at radius 3 is 2.60 bits per heavy atom. The van der Waals surface area contributed by atoms with Gasteiger partial charge in [-0.25, -0.2) is 0 Å². The van der Waals surface area contributed by atoms with Crippen molar-refractivity contribution in [3.8, 4) is 0 Å². The van der Waals surface area contributed by atoms with Crippen molar-refractivity contribution in [1.82, 2.24) is 5.32 Å². The fraction of sp³-hybridized carbons (Fsp3) is 0.286. The predicted octanol–water partition coefficient (Wildman–Crippen LogP) is 0.449. The van der Waals surface area contributed by atoms with E-state index in [1.807, 2.05) is 0 Å². The van der Waals surface area contributed by atoms with Crippen molar-refractivity contribution in [2.24, 2.45) is 0 Å². The highest BCUT2D eigenvalue weighted by Gasteiger charge is 1.87. The largest absolute Gasteiger partial charge is 0.497 e. The number of allylic oxidation sites excluding steroid dienone is 1. The number of rotatable bonds is 3. The monoisotopic (exact) mass is 141 g/mol. The highest BCUT2D eigenvalue weighted by Crippen LogP contribution is 1.90. The van der Waals surface area contributed by atoms with Crippen LogP contribution in [-0.4, -0.2) is 20.1 Å². The molecule has 56 valence electrons. The smallest absolute Gasteiger partial charge is 0.243 e. The lowest BCUT2D eigenvalue weighted by atomic mass is 10.4. The Labute approximate surface area is 60.4 Å². The molecule has 0 atom stereocenters. The summed E-state index contributed by atoms with van der Waals surface area (Å²) in [5.74, 6) is 0.293. The molecule has 0 saturated heterocycles. The molecule has 0 fully saturated rings. The van der Waals surface area contributed by atoms with Crippen LogP contribution < -0.4 is 5.32 Å². The van der Waals surface area contributed by atoms with Gasteiger partial charge in [0.2, 0.25) is 5.91 Å². The summed E-state index contributed by atoms with van der Waals surface area (Å²) in [5, 5.41) is 2.42. The molecule has 0 radical (unpaired) electrons. The van der Waals surface area contributed by atoms with E-state index in [0.717, 1.165) is 0 Å². The van der Waals surface area contributed by atoms with E-state index in [1.165, 1.54) is 19.3 Å². The lowest BCUT2D eigenvalue weighted by molar-refractivity contribution is -0.116. The van der Waals surface area contributed by atoms with Crippen LogP contribution in [0.15, 0.2) is 24.5 Å². The van der Waals surface area contributed by atoms with Gasteiger partial charge in [0.1, 0.15) is 5.76 Å². The van der Waals surface area contributed by atoms with E-state index in [2.05, 4.69) is 16.6 Å². The number of hydrogen-bond donors (Lipinski definition) is 1. The molecular formula is C7H11NO2. The normalized spacial score (nSPS) is 9.40. The number of nitrogens with one attached hydrogen (secondary N) is 1. The average Bonchev–Trinajstić information content (AvgIpc) is 1.99. The second-order valence-electron chi connectivity index (χ2n) is 1.62. The number of carbonyl (C=O) groups excluding carboxylic acids is 1. The van der Waals surface area contributed by atoms with E-state index in [1.54, 1.807) is 7.05 Å². The quantitative estimate of drug-likeness (QED) is 0.352. The minimum absolute atomic E-state index is 0.168. The Morgan fingerprint density at radius 2 is 2.20 bits per heavy atom. The first kappa shape index (κ1) is 8.75. The van der Waals surface area contributed by atoms with Crippen molar-refractivity contribution < 1.29 is 9.53 Å². The first-order valence-corrected chi connectivity index (χ1v) is 2.83. The maximum Gasteiger partial charge on any atom is 0.243 e. The van der Waals surface area contributed by atoms with E-state index in [4.69, 9.17) is 0 Å². The molecule has 1 N–H and O–H groups in total. The molecule has 0 aromatic heterocycles. The summed E-state index contributed by atoms with van der Waals surface area (Å²) in [6.07, 6.45) is 2.85. The molecule has 3 nitrogen and oxygen atoms in total. The Hall–Kier alpha value is -1.25. The van der Waals surface area contributed by atoms with Gasteiger partial charge < -0.3 is 10.1 Å². The van der Waals surface area contributed by atoms with Crippen LogP contribution in [0, 0.1) is 0 Å². The van der Waals surface area contributed by atoms with Gasteiger partial charge in [-0.05, 0) is 6.08 Å². The van der Waals surface area contributed by atoms with Crippen LogP contribution in [0.4, 0.5) is 0 Å². The van der Waals surface area contributed by atoms with Crippen LogP contribution in [0.5, 0.6) is 0 Å². The van der Waals surface area contributed by atoms with Gasteiger partial charge in [-0.1, -0.05) is 6.58 Å². The molecule has 1 amide bonds. The molecule has 0 aromatic carbocycles. The molecule has 0 unspecified atom stereocenters. The van der Waals surface area contributed by atoms with Gasteiger partial charge in [0.15, 0.2) is 0 Å². The fourth-order valence-corrected chi connectivity index (χ4v) is 0.320. The fourth-order valence-electron chi connectivity index (χ4n) is 0.320. The van der Waals surface area contributed by atoms with Crippen molar-refractivity contribution in [3.05, 3.63) is 24.5 Å². The average molecular weight is 141 g/mol. The SMILES string of the molecule is C=C(/C=C/C(=O)NC)OC. The third-order valence-corrected chi connectivity index (χ3v) is 0.929. The van der Waals surface area contributed by atoms with Crippen LogP contribution in [0.25, 0.3) is 0 Å². The number of hydrogen-bond acceptors (Lipinski definition) is 2. The summed E-state index contributed by atoms with van der Waals surface area (Å²) in [7, 11) is 3.05. The number of ether oxygens (including phenoxy) is 1. The third kappa shape index (κ3) is 3.72. The van der Waals surface area contributed by atoms with Crippen LogP contribution >= 0.6 is 0 Å². The molecule has 0 spiro atoms. The van der Waals surface area contributed by atoms with E-state index < -0.39 is 0 Å². The summed E-state index contributed by atoms with van der Waals surface area (Å²) < 4.78 is 4.68.